The topological polar surface area (TPSA) is 43.8 Å². The number of hydrogen-bond acceptors (Lipinski definition) is 3. The molecule has 0 bridgehead atoms. The zero-order valence-corrected chi connectivity index (χ0v) is 11.7. The van der Waals surface area contributed by atoms with E-state index in [4.69, 9.17) is 5.73 Å². The highest BCUT2D eigenvalue weighted by molar-refractivity contribution is 7.09. The Bertz CT molecular complexity index is 670. The third kappa shape index (κ3) is 2.55. The molecule has 98 valence electrons. The number of aryl methyl sites for hydroxylation is 1. The van der Waals surface area contributed by atoms with E-state index in [0.717, 1.165) is 24.2 Å². The Labute approximate surface area is 116 Å². The van der Waals surface area contributed by atoms with Crippen LogP contribution in [0, 0.1) is 0 Å². The Balaban J connectivity index is 1.79. The van der Waals surface area contributed by atoms with Gasteiger partial charge in [-0.2, -0.15) is 0 Å². The van der Waals surface area contributed by atoms with Crippen LogP contribution < -0.4 is 5.73 Å². The van der Waals surface area contributed by atoms with E-state index in [1.165, 1.54) is 10.4 Å². The summed E-state index contributed by atoms with van der Waals surface area (Å²) in [5.41, 5.74) is 8.45. The normalized spacial score (nSPS) is 12.9. The van der Waals surface area contributed by atoms with Crippen LogP contribution in [0.2, 0.25) is 0 Å². The van der Waals surface area contributed by atoms with Gasteiger partial charge in [-0.1, -0.05) is 18.2 Å². The molecule has 2 aromatic heterocycles. The second kappa shape index (κ2) is 5.15. The van der Waals surface area contributed by atoms with E-state index in [2.05, 4.69) is 40.2 Å². The summed E-state index contributed by atoms with van der Waals surface area (Å²) >= 11 is 1.76. The molecule has 0 aliphatic carbocycles. The minimum absolute atomic E-state index is 0.120. The second-order valence-corrected chi connectivity index (χ2v) is 5.86. The first-order chi connectivity index (χ1) is 9.24. The van der Waals surface area contributed by atoms with Crippen molar-refractivity contribution < 1.29 is 0 Å². The highest BCUT2D eigenvalue weighted by Crippen LogP contribution is 2.17. The maximum absolute atomic E-state index is 6.24. The number of imidazole rings is 1. The standard InChI is InChI=1S/C15H17N3S/c1-18-14-7-3-2-6-13(14)17-15(18)10-11(16)9-12-5-4-8-19-12/h2-8,11H,9-10,16H2,1H3. The molecule has 3 aromatic rings. The predicted octanol–water partition coefficient (Wildman–Crippen LogP) is 2.75. The van der Waals surface area contributed by atoms with Crippen LogP contribution in [0.15, 0.2) is 41.8 Å². The Morgan fingerprint density at radius 1 is 1.21 bits per heavy atom. The molecule has 1 atom stereocenters. The van der Waals surface area contributed by atoms with Gasteiger partial charge >= 0.3 is 0 Å². The fourth-order valence-corrected chi connectivity index (χ4v) is 3.17. The summed E-state index contributed by atoms with van der Waals surface area (Å²) in [4.78, 5) is 6.01. The van der Waals surface area contributed by atoms with Gasteiger partial charge in [-0.25, -0.2) is 4.98 Å². The highest BCUT2D eigenvalue weighted by Gasteiger charge is 2.12. The number of fused-ring (bicyclic) bond motifs is 1. The van der Waals surface area contributed by atoms with Gasteiger partial charge in [0.25, 0.3) is 0 Å². The average Bonchev–Trinajstić information content (AvgIpc) is 3.00. The number of rotatable bonds is 4. The highest BCUT2D eigenvalue weighted by atomic mass is 32.1. The molecule has 4 heteroatoms. The summed E-state index contributed by atoms with van der Waals surface area (Å²) in [6.45, 7) is 0. The van der Waals surface area contributed by atoms with Gasteiger partial charge in [-0.15, -0.1) is 11.3 Å². The second-order valence-electron chi connectivity index (χ2n) is 4.82. The Hall–Kier alpha value is -1.65. The van der Waals surface area contributed by atoms with E-state index < -0.39 is 0 Å². The fourth-order valence-electron chi connectivity index (χ4n) is 2.37. The number of hydrogen-bond donors (Lipinski definition) is 1. The van der Waals surface area contributed by atoms with Gasteiger partial charge in [-0.05, 0) is 30.0 Å². The third-order valence-electron chi connectivity index (χ3n) is 3.37. The average molecular weight is 271 g/mol. The zero-order chi connectivity index (χ0) is 13.2. The number of nitrogens with two attached hydrogens (primary N) is 1. The molecule has 0 aliphatic heterocycles. The van der Waals surface area contributed by atoms with E-state index in [9.17, 15) is 0 Å². The van der Waals surface area contributed by atoms with Crippen molar-refractivity contribution in [1.82, 2.24) is 9.55 Å². The van der Waals surface area contributed by atoms with Crippen LogP contribution in [0.3, 0.4) is 0 Å². The molecule has 0 spiro atoms. The summed E-state index contributed by atoms with van der Waals surface area (Å²) in [5, 5.41) is 2.09. The first-order valence-corrected chi connectivity index (χ1v) is 7.30. The molecule has 2 N–H and O–H groups in total. The minimum atomic E-state index is 0.120. The van der Waals surface area contributed by atoms with E-state index >= 15 is 0 Å². The Morgan fingerprint density at radius 3 is 2.79 bits per heavy atom. The number of nitrogens with zero attached hydrogens (tertiary/aromatic N) is 2. The summed E-state index contributed by atoms with van der Waals surface area (Å²) in [6.07, 6.45) is 1.73. The van der Waals surface area contributed by atoms with Crippen molar-refractivity contribution >= 4 is 22.4 Å². The monoisotopic (exact) mass is 271 g/mol. The van der Waals surface area contributed by atoms with E-state index in [1.807, 2.05) is 18.2 Å². The summed E-state index contributed by atoms with van der Waals surface area (Å²) in [6, 6.07) is 12.5. The largest absolute Gasteiger partial charge is 0.331 e. The lowest BCUT2D eigenvalue weighted by atomic mass is 10.1. The first kappa shape index (κ1) is 12.4. The van der Waals surface area contributed by atoms with Gasteiger partial charge < -0.3 is 10.3 Å². The fraction of sp³-hybridized carbons (Fsp3) is 0.267. The molecule has 19 heavy (non-hydrogen) atoms. The Kier molecular flexibility index (Phi) is 3.36. The maximum atomic E-state index is 6.24. The molecular weight excluding hydrogens is 254 g/mol. The van der Waals surface area contributed by atoms with Gasteiger partial charge in [0.1, 0.15) is 5.82 Å². The van der Waals surface area contributed by atoms with Gasteiger partial charge in [-0.3, -0.25) is 0 Å². The van der Waals surface area contributed by atoms with Crippen LogP contribution in [-0.2, 0) is 19.9 Å². The first-order valence-electron chi connectivity index (χ1n) is 6.42. The number of aromatic nitrogens is 2. The van der Waals surface area contributed by atoms with Crippen LogP contribution in [0.5, 0.6) is 0 Å². The van der Waals surface area contributed by atoms with Crippen molar-refractivity contribution in [3.05, 3.63) is 52.5 Å². The Morgan fingerprint density at radius 2 is 2.05 bits per heavy atom. The summed E-state index contributed by atoms with van der Waals surface area (Å²) in [5.74, 6) is 1.06. The van der Waals surface area contributed by atoms with Crippen LogP contribution in [-0.4, -0.2) is 15.6 Å². The van der Waals surface area contributed by atoms with Gasteiger partial charge in [0.05, 0.1) is 11.0 Å². The molecule has 0 amide bonds. The molecule has 0 saturated carbocycles. The van der Waals surface area contributed by atoms with Crippen molar-refractivity contribution in [2.45, 2.75) is 18.9 Å². The van der Waals surface area contributed by atoms with Gasteiger partial charge in [0, 0.05) is 24.4 Å². The van der Waals surface area contributed by atoms with Crippen molar-refractivity contribution in [2.24, 2.45) is 12.8 Å². The van der Waals surface area contributed by atoms with Crippen molar-refractivity contribution in [3.8, 4) is 0 Å². The lowest BCUT2D eigenvalue weighted by Gasteiger charge is -2.10. The lowest BCUT2D eigenvalue weighted by Crippen LogP contribution is -2.26. The molecule has 2 heterocycles. The van der Waals surface area contributed by atoms with Crippen molar-refractivity contribution in [2.75, 3.05) is 0 Å². The van der Waals surface area contributed by atoms with Crippen LogP contribution in [0.25, 0.3) is 11.0 Å². The van der Waals surface area contributed by atoms with Gasteiger partial charge in [0.2, 0.25) is 0 Å². The number of benzene rings is 1. The molecule has 0 saturated heterocycles. The van der Waals surface area contributed by atoms with Crippen LogP contribution in [0.4, 0.5) is 0 Å². The quantitative estimate of drug-likeness (QED) is 0.793. The number of para-hydroxylation sites is 2. The van der Waals surface area contributed by atoms with Crippen LogP contribution in [0.1, 0.15) is 10.7 Å². The SMILES string of the molecule is Cn1c(CC(N)Cc2cccs2)nc2ccccc21. The van der Waals surface area contributed by atoms with E-state index in [1.54, 1.807) is 11.3 Å². The minimum Gasteiger partial charge on any atom is -0.331 e. The summed E-state index contributed by atoms with van der Waals surface area (Å²) < 4.78 is 2.14. The molecular formula is C15H17N3S. The lowest BCUT2D eigenvalue weighted by molar-refractivity contribution is 0.630. The molecule has 1 aromatic carbocycles. The number of thiophene rings is 1. The summed E-state index contributed by atoms with van der Waals surface area (Å²) in [7, 11) is 2.06. The molecule has 0 fully saturated rings. The molecule has 1 unspecified atom stereocenters. The smallest absolute Gasteiger partial charge is 0.111 e. The van der Waals surface area contributed by atoms with E-state index in [-0.39, 0.29) is 6.04 Å². The van der Waals surface area contributed by atoms with Crippen molar-refractivity contribution in [3.63, 3.8) is 0 Å². The van der Waals surface area contributed by atoms with E-state index in [0.29, 0.717) is 0 Å². The molecule has 0 aliphatic rings. The van der Waals surface area contributed by atoms with Gasteiger partial charge in [0.15, 0.2) is 0 Å². The molecule has 3 rings (SSSR count). The maximum Gasteiger partial charge on any atom is 0.111 e. The third-order valence-corrected chi connectivity index (χ3v) is 4.27. The molecule has 3 nitrogen and oxygen atoms in total. The van der Waals surface area contributed by atoms with Crippen molar-refractivity contribution in [1.29, 1.82) is 0 Å². The molecule has 0 radical (unpaired) electrons. The van der Waals surface area contributed by atoms with Crippen LogP contribution >= 0.6 is 11.3 Å². The predicted molar refractivity (Wildman–Crippen MR) is 80.4 cm³/mol. The zero-order valence-electron chi connectivity index (χ0n) is 10.9.